The topological polar surface area (TPSA) is 55.6 Å². The van der Waals surface area contributed by atoms with Crippen molar-refractivity contribution in [2.75, 3.05) is 5.32 Å². The van der Waals surface area contributed by atoms with E-state index in [1.54, 1.807) is 6.20 Å². The number of fused-ring (bicyclic) bond motifs is 1. The predicted octanol–water partition coefficient (Wildman–Crippen LogP) is 2.54. The first-order chi connectivity index (χ1) is 9.78. The van der Waals surface area contributed by atoms with Gasteiger partial charge in [-0.25, -0.2) is 0 Å². The van der Waals surface area contributed by atoms with Crippen LogP contribution in [0.1, 0.15) is 18.2 Å². The van der Waals surface area contributed by atoms with Crippen LogP contribution in [0, 0.1) is 0 Å². The summed E-state index contributed by atoms with van der Waals surface area (Å²) in [6.07, 6.45) is 4.76. The monoisotopic (exact) mass is 267 g/mol. The lowest BCUT2D eigenvalue weighted by atomic mass is 10.2. The summed E-state index contributed by atoms with van der Waals surface area (Å²) in [5.74, 6) is 0.814. The van der Waals surface area contributed by atoms with Gasteiger partial charge in [-0.2, -0.15) is 10.2 Å². The van der Waals surface area contributed by atoms with Crippen LogP contribution in [0.25, 0.3) is 10.8 Å². The zero-order chi connectivity index (χ0) is 13.9. The second-order valence-electron chi connectivity index (χ2n) is 4.76. The Bertz CT molecular complexity index is 727. The molecular weight excluding hydrogens is 250 g/mol. The molecule has 5 heteroatoms. The average molecular weight is 267 g/mol. The third kappa shape index (κ3) is 2.34. The van der Waals surface area contributed by atoms with Gasteiger partial charge in [0.2, 0.25) is 0 Å². The van der Waals surface area contributed by atoms with Crippen LogP contribution in [0.2, 0.25) is 0 Å². The zero-order valence-corrected chi connectivity index (χ0v) is 11.7. The summed E-state index contributed by atoms with van der Waals surface area (Å²) in [6.45, 7) is 2.82. The van der Waals surface area contributed by atoms with E-state index in [2.05, 4.69) is 33.6 Å². The highest BCUT2D eigenvalue weighted by molar-refractivity contribution is 5.90. The van der Waals surface area contributed by atoms with E-state index >= 15 is 0 Å². The van der Waals surface area contributed by atoms with Crippen LogP contribution in [-0.4, -0.2) is 20.0 Å². The van der Waals surface area contributed by atoms with E-state index in [1.807, 2.05) is 36.1 Å². The molecule has 0 saturated carbocycles. The molecule has 0 radical (unpaired) electrons. The third-order valence-electron chi connectivity index (χ3n) is 3.34. The molecule has 3 aromatic rings. The summed E-state index contributed by atoms with van der Waals surface area (Å²) in [4.78, 5) is 0. The molecule has 0 bridgehead atoms. The molecule has 0 unspecified atom stereocenters. The molecule has 0 aliphatic heterocycles. The quantitative estimate of drug-likeness (QED) is 0.789. The van der Waals surface area contributed by atoms with Crippen LogP contribution in [-0.2, 0) is 20.0 Å². The van der Waals surface area contributed by atoms with E-state index in [4.69, 9.17) is 0 Å². The number of nitrogens with zero attached hydrogens (tertiary/aromatic N) is 4. The Kier molecular flexibility index (Phi) is 3.33. The third-order valence-corrected chi connectivity index (χ3v) is 3.34. The number of hydrogen-bond donors (Lipinski definition) is 1. The van der Waals surface area contributed by atoms with Gasteiger partial charge in [0.1, 0.15) is 0 Å². The molecule has 1 aromatic carbocycles. The molecule has 102 valence electrons. The van der Waals surface area contributed by atoms with E-state index < -0.39 is 0 Å². The van der Waals surface area contributed by atoms with Crippen LogP contribution < -0.4 is 5.32 Å². The van der Waals surface area contributed by atoms with Gasteiger partial charge >= 0.3 is 0 Å². The molecule has 20 heavy (non-hydrogen) atoms. The highest BCUT2D eigenvalue weighted by Gasteiger charge is 2.07. The van der Waals surface area contributed by atoms with Gasteiger partial charge in [-0.15, -0.1) is 5.10 Å². The average Bonchev–Trinajstić information content (AvgIpc) is 2.85. The molecule has 5 nitrogen and oxygen atoms in total. The van der Waals surface area contributed by atoms with Crippen molar-refractivity contribution >= 4 is 16.6 Å². The molecular formula is C15H17N5. The van der Waals surface area contributed by atoms with E-state index in [0.717, 1.165) is 28.7 Å². The summed E-state index contributed by atoms with van der Waals surface area (Å²) in [6, 6.07) is 8.11. The molecule has 2 heterocycles. The fourth-order valence-corrected chi connectivity index (χ4v) is 2.37. The highest BCUT2D eigenvalue weighted by Crippen LogP contribution is 2.20. The van der Waals surface area contributed by atoms with Crippen LogP contribution in [0.5, 0.6) is 0 Å². The number of hydrogen-bond acceptors (Lipinski definition) is 4. The summed E-state index contributed by atoms with van der Waals surface area (Å²) in [5.41, 5.74) is 2.32. The number of aromatic nitrogens is 4. The van der Waals surface area contributed by atoms with Gasteiger partial charge in [0.25, 0.3) is 0 Å². The summed E-state index contributed by atoms with van der Waals surface area (Å²) >= 11 is 0. The fourth-order valence-electron chi connectivity index (χ4n) is 2.37. The van der Waals surface area contributed by atoms with E-state index in [1.165, 1.54) is 5.56 Å². The fraction of sp³-hybridized carbons (Fsp3) is 0.267. The van der Waals surface area contributed by atoms with Gasteiger partial charge in [0.15, 0.2) is 5.82 Å². The van der Waals surface area contributed by atoms with Crippen molar-refractivity contribution in [2.45, 2.75) is 19.9 Å². The Balaban J connectivity index is 1.86. The first kappa shape index (κ1) is 12.6. The van der Waals surface area contributed by atoms with Crippen LogP contribution >= 0.6 is 0 Å². The smallest absolute Gasteiger partial charge is 0.156 e. The number of aryl methyl sites for hydroxylation is 2. The van der Waals surface area contributed by atoms with Gasteiger partial charge in [0.05, 0.1) is 11.9 Å². The largest absolute Gasteiger partial charge is 0.364 e. The number of anilines is 1. The Morgan fingerprint density at radius 3 is 2.95 bits per heavy atom. The lowest BCUT2D eigenvalue weighted by Crippen LogP contribution is -2.04. The van der Waals surface area contributed by atoms with Crippen molar-refractivity contribution in [1.29, 1.82) is 0 Å². The Labute approximate surface area is 117 Å². The standard InChI is InChI=1S/C15H17N5/c1-3-14-12(10-20(2)19-14)8-16-15-13-7-5-4-6-11(13)9-17-18-15/h4-7,9-10H,3,8H2,1-2H3,(H,16,18). The Morgan fingerprint density at radius 2 is 2.10 bits per heavy atom. The van der Waals surface area contributed by atoms with Gasteiger partial charge in [-0.05, 0) is 6.42 Å². The normalized spacial score (nSPS) is 10.9. The van der Waals surface area contributed by atoms with Crippen molar-refractivity contribution < 1.29 is 0 Å². The second kappa shape index (κ2) is 5.28. The van der Waals surface area contributed by atoms with E-state index in [0.29, 0.717) is 6.54 Å². The maximum Gasteiger partial charge on any atom is 0.156 e. The Morgan fingerprint density at radius 1 is 1.25 bits per heavy atom. The molecule has 0 amide bonds. The summed E-state index contributed by atoms with van der Waals surface area (Å²) in [7, 11) is 1.94. The molecule has 0 spiro atoms. The van der Waals surface area contributed by atoms with Crippen molar-refractivity contribution in [2.24, 2.45) is 7.05 Å². The van der Waals surface area contributed by atoms with Crippen molar-refractivity contribution in [1.82, 2.24) is 20.0 Å². The van der Waals surface area contributed by atoms with Crippen molar-refractivity contribution in [3.8, 4) is 0 Å². The van der Waals surface area contributed by atoms with Crippen LogP contribution in [0.4, 0.5) is 5.82 Å². The lowest BCUT2D eigenvalue weighted by molar-refractivity contribution is 0.746. The summed E-state index contributed by atoms with van der Waals surface area (Å²) < 4.78 is 1.85. The van der Waals surface area contributed by atoms with Gasteiger partial charge in [-0.3, -0.25) is 4.68 Å². The molecule has 0 saturated heterocycles. The van der Waals surface area contributed by atoms with Crippen LogP contribution in [0.3, 0.4) is 0 Å². The second-order valence-corrected chi connectivity index (χ2v) is 4.76. The molecule has 3 rings (SSSR count). The highest BCUT2D eigenvalue weighted by atomic mass is 15.3. The SMILES string of the molecule is CCc1nn(C)cc1CNc1nncc2ccccc12. The van der Waals surface area contributed by atoms with E-state index in [9.17, 15) is 0 Å². The first-order valence-corrected chi connectivity index (χ1v) is 6.73. The minimum absolute atomic E-state index is 0.708. The molecule has 0 fully saturated rings. The van der Waals surface area contributed by atoms with Gasteiger partial charge in [0, 0.05) is 36.1 Å². The van der Waals surface area contributed by atoms with Gasteiger partial charge in [-0.1, -0.05) is 31.2 Å². The molecule has 0 aliphatic carbocycles. The number of nitrogens with one attached hydrogen (secondary N) is 1. The number of rotatable bonds is 4. The molecule has 0 aliphatic rings. The first-order valence-electron chi connectivity index (χ1n) is 6.73. The zero-order valence-electron chi connectivity index (χ0n) is 11.7. The molecule has 1 N–H and O–H groups in total. The predicted molar refractivity (Wildman–Crippen MR) is 79.5 cm³/mol. The minimum Gasteiger partial charge on any atom is -0.364 e. The minimum atomic E-state index is 0.708. The maximum absolute atomic E-state index is 4.44. The number of benzene rings is 1. The lowest BCUT2D eigenvalue weighted by Gasteiger charge is -2.07. The van der Waals surface area contributed by atoms with Crippen molar-refractivity contribution in [3.05, 3.63) is 47.9 Å². The summed E-state index contributed by atoms with van der Waals surface area (Å²) in [5, 5.41) is 18.2. The van der Waals surface area contributed by atoms with Crippen molar-refractivity contribution in [3.63, 3.8) is 0 Å². The molecule has 2 aromatic heterocycles. The van der Waals surface area contributed by atoms with E-state index in [-0.39, 0.29) is 0 Å². The van der Waals surface area contributed by atoms with Gasteiger partial charge < -0.3 is 5.32 Å². The van der Waals surface area contributed by atoms with Crippen LogP contribution in [0.15, 0.2) is 36.7 Å². The molecule has 0 atom stereocenters. The maximum atomic E-state index is 4.44. The Hall–Kier alpha value is -2.43.